The van der Waals surface area contributed by atoms with Crippen molar-refractivity contribution in [3.05, 3.63) is 129 Å². The summed E-state index contributed by atoms with van der Waals surface area (Å²) in [4.78, 5) is 116. The Morgan fingerprint density at radius 3 is 2.01 bits per heavy atom. The van der Waals surface area contributed by atoms with Crippen molar-refractivity contribution < 1.29 is 191 Å². The SMILES string of the molecule is CNC(CC(C)C)C(O)=NC1C(O)=NC(CC(=N)O)C(O)=NC2C(O)=NC3C(O)=NC(C(O)=NC(C(=O)SCCN=C(O)CCN=C(O)C(O)C(C)(C)COP(=O)(O)OP(=O)(O)OCC4OC(n5cnc6c(N)ncnc65)C(O)C4OP(=O)(O)O)c4cc(O)cc(O)c4-c4cc3ccc4O)C(OC3CC(C)(N)C(=O)C(C)O3)c3ccc(c(Cl)c3)Oc3cc2cc(c3OC2OC(CO)C(O)C(O)C2O)Oc2ccc(cc2Cl)C1O. The molecular formula is C87H107Cl2N16O39P3S. The number of phenolic OH excluding ortho intramolecular Hbond substituents is 3. The van der Waals surface area contributed by atoms with E-state index < -0.39 is 358 Å². The predicted molar refractivity (Wildman–Crippen MR) is 524 cm³/mol. The third-order valence-electron chi connectivity index (χ3n) is 23.8. The maximum absolute atomic E-state index is 15.5. The number of aromatic hydroxyl groups is 3. The van der Waals surface area contributed by atoms with Gasteiger partial charge in [0.1, 0.15) is 120 Å². The summed E-state index contributed by atoms with van der Waals surface area (Å²) in [6.07, 6.45) is -26.8. The topological polar surface area (TPSA) is 883 Å². The standard InChI is InChI=1S/C87H107Cl2N16O39P3S/c1-33(2)18-44(93-7)76(119)103-61-64(112)36-9-12-48(42(88)20-36)137-50-22-38-23-51(70(50)142-85-67(115)66(114)65(113)52(28-106)140-85)138-49-13-10-37(21-43(49)89)69(141-56-27-87(6,92)72(117)34(3)136-56)62-81(124)102-60(41-24-39(107)25-47(109)57(41)40-19-35(8-11-46(40)108)58(78(121)104-62)101-79(122)59(38)100-77(120)45(26-54(90)110)99-80(61)123)84(126)148-17-16-94-55(111)14-15-95-82(125)73(118)86(4,5)30-135-147(132,133)144-146(130,131)134-29-53-71(143-145(127,128)129)68(116)83(139-53)105-32-98-63-74(91)96-31-97-75(63)105/h8-13,19-25,31-34,44-45,52-53,56,58-62,64-69,71,73,83,85,93,106-109,112-116,118H,14-18,26-30,92H2,1-7H3,(H2,90,110)(H,94,111)(H,95,125)(H,99,123)(H,100,120)(H,101,122)(H,102,124)(H,103,119)(H,104,121)(H,130,131)(H,132,133)(H2,91,96,97)(H2,127,128,129). The minimum Gasteiger partial charge on any atom is -0.508 e. The molecule has 3 fully saturated rings. The van der Waals surface area contributed by atoms with Gasteiger partial charge in [-0.25, -0.2) is 58.6 Å². The van der Waals surface area contributed by atoms with Crippen LogP contribution < -0.4 is 31.0 Å². The highest BCUT2D eigenvalue weighted by atomic mass is 35.5. The molecule has 11 bridgehead atoms. The lowest BCUT2D eigenvalue weighted by Gasteiger charge is -2.39. The minimum atomic E-state index is -5.79. The van der Waals surface area contributed by atoms with Crippen LogP contribution in [0.3, 0.4) is 0 Å². The van der Waals surface area contributed by atoms with E-state index in [9.17, 15) is 135 Å². The third-order valence-corrected chi connectivity index (χ3v) is 28.4. The third kappa shape index (κ3) is 26.6. The molecule has 24 atom stereocenters. The molecule has 61 heteroatoms. The number of nitrogens with two attached hydrogens (primary N) is 2. The number of imidazole rings is 1. The highest BCUT2D eigenvalue weighted by molar-refractivity contribution is 8.13. The summed E-state index contributed by atoms with van der Waals surface area (Å²) in [5, 5.41) is 234. The lowest BCUT2D eigenvalue weighted by molar-refractivity contribution is -0.277. The summed E-state index contributed by atoms with van der Waals surface area (Å²) < 4.78 is 102. The van der Waals surface area contributed by atoms with Gasteiger partial charge in [0.2, 0.25) is 52.5 Å². The Morgan fingerprint density at radius 1 is 0.723 bits per heavy atom. The Labute approximate surface area is 852 Å². The highest BCUT2D eigenvalue weighted by Crippen LogP contribution is 2.62. The van der Waals surface area contributed by atoms with E-state index in [4.69, 9.17) is 86.8 Å². The van der Waals surface area contributed by atoms with Crippen molar-refractivity contribution in [3.63, 3.8) is 0 Å². The van der Waals surface area contributed by atoms with Gasteiger partial charge in [-0.3, -0.25) is 43.1 Å². The molecule has 0 spiro atoms. The number of ketones is 1. The van der Waals surface area contributed by atoms with Crippen LogP contribution in [0.2, 0.25) is 10.0 Å². The Kier molecular flexibility index (Phi) is 35.8. The molecule has 10 heterocycles. The number of aliphatic imine (C=N–C) groups is 8. The molecule has 15 rings (SSSR count). The second kappa shape index (κ2) is 46.6. The molecule has 2 aromatic heterocycles. The smallest absolute Gasteiger partial charge is 0.481 e. The first-order valence-electron chi connectivity index (χ1n) is 44.8. The van der Waals surface area contributed by atoms with Gasteiger partial charge in [-0.15, -0.1) is 0 Å². The van der Waals surface area contributed by atoms with Gasteiger partial charge in [-0.2, -0.15) is 4.31 Å². The van der Waals surface area contributed by atoms with Gasteiger partial charge in [-0.05, 0) is 110 Å². The summed E-state index contributed by atoms with van der Waals surface area (Å²) in [7, 11) is -15.5. The predicted octanol–water partition coefficient (Wildman–Crippen LogP) is 6.68. The molecule has 8 aliphatic rings. The van der Waals surface area contributed by atoms with E-state index in [1.54, 1.807) is 0 Å². The van der Waals surface area contributed by atoms with Crippen molar-refractivity contribution in [1.82, 2.24) is 24.8 Å². The number of ether oxygens (including phenoxy) is 7. The summed E-state index contributed by atoms with van der Waals surface area (Å²) in [5.74, 6) is -17.0. The fourth-order valence-electron chi connectivity index (χ4n) is 16.3. The molecule has 24 unspecified atom stereocenters. The van der Waals surface area contributed by atoms with Crippen molar-refractivity contribution in [2.24, 2.45) is 57.0 Å². The van der Waals surface area contributed by atoms with E-state index in [0.29, 0.717) is 11.8 Å². The number of carbonyl (C=O) groups excluding carboxylic acids is 2. The summed E-state index contributed by atoms with van der Waals surface area (Å²) >= 11 is 14.8. The summed E-state index contributed by atoms with van der Waals surface area (Å²) in [6.45, 7) is 4.23. The quantitative estimate of drug-likeness (QED) is 0.00904. The monoisotopic (exact) mass is 2190 g/mol. The number of fused-ring (bicyclic) bond motifs is 13. The van der Waals surface area contributed by atoms with Crippen molar-refractivity contribution in [1.29, 1.82) is 5.41 Å². The van der Waals surface area contributed by atoms with Crippen molar-refractivity contribution >= 4 is 139 Å². The molecule has 29 N–H and O–H groups in total. The number of thioether (sulfide) groups is 1. The Bertz CT molecular complexity index is 6560. The van der Waals surface area contributed by atoms with Gasteiger partial charge in [0.25, 0.3) is 0 Å². The van der Waals surface area contributed by atoms with Gasteiger partial charge < -0.3 is 167 Å². The molecule has 0 saturated carbocycles. The first-order valence-corrected chi connectivity index (χ1v) is 51.0. The number of nitrogens with one attached hydrogen (secondary N) is 2. The van der Waals surface area contributed by atoms with Crippen LogP contribution in [-0.4, -0.2) is 343 Å². The first-order chi connectivity index (χ1) is 69.4. The van der Waals surface area contributed by atoms with Crippen LogP contribution in [0.25, 0.3) is 22.3 Å². The number of nitrogen functional groups attached to an aromatic ring is 1. The summed E-state index contributed by atoms with van der Waals surface area (Å²) in [6, 6.07) is -0.938. The van der Waals surface area contributed by atoms with Gasteiger partial charge in [-0.1, -0.05) is 80.9 Å². The van der Waals surface area contributed by atoms with Crippen LogP contribution in [0, 0.1) is 16.7 Å². The van der Waals surface area contributed by atoms with Crippen LogP contribution >= 0.6 is 58.4 Å². The maximum atomic E-state index is 15.5. The fourth-order valence-corrected chi connectivity index (χ4v) is 20.3. The number of rotatable bonds is 32. The van der Waals surface area contributed by atoms with Crippen molar-refractivity contribution in [2.45, 2.75) is 201 Å². The maximum Gasteiger partial charge on any atom is 0.481 e. The number of hydrogen-bond acceptors (Lipinski definition) is 42. The fraction of sp³-hybridized carbons (Fsp3) is 0.471. The Morgan fingerprint density at radius 2 is 1.36 bits per heavy atom. The van der Waals surface area contributed by atoms with E-state index in [-0.39, 0.29) is 51.2 Å². The number of aliphatic hydroxyl groups excluding tert-OH is 16. The number of nitrogens with zero attached hydrogens (tertiary/aromatic N) is 12. The number of carbonyl (C=O) groups is 2. The normalized spacial score (nSPS) is 27.7. The van der Waals surface area contributed by atoms with Gasteiger partial charge in [0, 0.05) is 46.8 Å². The Hall–Kier alpha value is -11.4. The number of Topliss-reactive ketones (excluding diaryl/α,β-unsaturated/α-hetero) is 1. The van der Waals surface area contributed by atoms with Crippen LogP contribution in [0.4, 0.5) is 5.82 Å². The number of phenols is 3. The highest BCUT2D eigenvalue weighted by Gasteiger charge is 2.53. The largest absolute Gasteiger partial charge is 0.508 e. The van der Waals surface area contributed by atoms with Crippen LogP contribution in [-0.2, 0) is 60.1 Å². The van der Waals surface area contributed by atoms with Crippen LogP contribution in [0.5, 0.6) is 46.0 Å². The molecule has 804 valence electrons. The molecule has 0 amide bonds. The lowest BCUT2D eigenvalue weighted by atomic mass is 9.87. The number of phosphoric ester groups is 3. The number of aliphatic hydroxyl groups is 16. The van der Waals surface area contributed by atoms with Crippen molar-refractivity contribution in [2.75, 3.05) is 51.4 Å². The zero-order valence-electron chi connectivity index (χ0n) is 78.8. The van der Waals surface area contributed by atoms with E-state index in [0.717, 1.165) is 91.7 Å². The number of likely N-dealkylation sites (N-methyl/N-ethyl adjacent to an activating group) is 1. The second-order valence-electron chi connectivity index (χ2n) is 35.9. The Balaban J connectivity index is 0.854. The molecule has 5 aromatic carbocycles. The molecule has 8 aliphatic heterocycles. The zero-order valence-corrected chi connectivity index (χ0v) is 83.8. The number of aromatic nitrogens is 4. The van der Waals surface area contributed by atoms with Gasteiger partial charge >= 0.3 is 23.5 Å². The minimum absolute atomic E-state index is 0.0114. The van der Waals surface area contributed by atoms with Crippen LogP contribution in [0.15, 0.2) is 131 Å². The molecular weight excluding hydrogens is 2090 g/mol. The molecule has 3 saturated heterocycles. The van der Waals surface area contributed by atoms with E-state index in [1.807, 2.05) is 13.8 Å². The number of anilines is 1. The zero-order chi connectivity index (χ0) is 108. The van der Waals surface area contributed by atoms with Crippen molar-refractivity contribution in [3.8, 4) is 57.1 Å². The van der Waals surface area contributed by atoms with E-state index >= 15 is 4.79 Å². The summed E-state index contributed by atoms with van der Waals surface area (Å²) in [5.41, 5.74) is 5.89. The average Bonchev–Trinajstić information content (AvgIpc) is 1.58. The lowest BCUT2D eigenvalue weighted by Crippen LogP contribution is -2.60. The second-order valence-corrected chi connectivity index (χ2v) is 42.1. The molecule has 7 aromatic rings. The van der Waals surface area contributed by atoms with E-state index in [2.05, 4.69) is 64.5 Å². The number of benzene rings is 5. The van der Waals surface area contributed by atoms with E-state index in [1.165, 1.54) is 39.1 Å². The molecule has 0 radical (unpaired) electrons. The average molecular weight is 2200 g/mol. The molecule has 148 heavy (non-hydrogen) atoms. The molecule has 55 nitrogen and oxygen atoms in total. The first kappa shape index (κ1) is 114. The number of halogens is 2. The van der Waals surface area contributed by atoms with Gasteiger partial charge in [0.15, 0.2) is 83.1 Å². The number of hydrogen-bond donors (Lipinski definition) is 27. The molecule has 0 aliphatic carbocycles. The van der Waals surface area contributed by atoms with Crippen LogP contribution in [0.1, 0.15) is 132 Å². The van der Waals surface area contributed by atoms with Gasteiger partial charge in [0.05, 0.1) is 67.3 Å². The number of phosphoric acid groups is 3.